The van der Waals surface area contributed by atoms with Crippen molar-refractivity contribution in [2.45, 2.75) is 38.6 Å². The van der Waals surface area contributed by atoms with Gasteiger partial charge in [0.05, 0.1) is 0 Å². The number of hydrogen-bond acceptors (Lipinski definition) is 1. The van der Waals surface area contributed by atoms with Crippen LogP contribution >= 0.6 is 0 Å². The fourth-order valence-corrected chi connectivity index (χ4v) is 3.75. The quantitative estimate of drug-likeness (QED) is 0.855. The topological polar surface area (TPSA) is 26.0 Å². The van der Waals surface area contributed by atoms with E-state index in [0.29, 0.717) is 6.04 Å². The summed E-state index contributed by atoms with van der Waals surface area (Å²) in [6.07, 6.45) is 4.90. The van der Waals surface area contributed by atoms with E-state index in [1.807, 2.05) is 0 Å². The molecule has 0 aliphatic heterocycles. The number of rotatable bonds is 2. The van der Waals surface area contributed by atoms with Crippen LogP contribution in [0.3, 0.4) is 0 Å². The van der Waals surface area contributed by atoms with Crippen LogP contribution < -0.4 is 5.73 Å². The second-order valence-electron chi connectivity index (χ2n) is 6.28. The average molecular weight is 253 g/mol. The van der Waals surface area contributed by atoms with Crippen LogP contribution in [0, 0.1) is 11.8 Å². The highest BCUT2D eigenvalue weighted by molar-refractivity contribution is 5.85. The van der Waals surface area contributed by atoms with E-state index in [9.17, 15) is 0 Å². The van der Waals surface area contributed by atoms with Crippen LogP contribution in [0.1, 0.15) is 31.7 Å². The second-order valence-corrected chi connectivity index (χ2v) is 6.28. The van der Waals surface area contributed by atoms with Crippen molar-refractivity contribution in [3.63, 3.8) is 0 Å². The molecule has 19 heavy (non-hydrogen) atoms. The Morgan fingerprint density at radius 1 is 1.00 bits per heavy atom. The average Bonchev–Trinajstić information content (AvgIpc) is 2.38. The summed E-state index contributed by atoms with van der Waals surface area (Å²) in [4.78, 5) is 0. The molecule has 2 aromatic carbocycles. The van der Waals surface area contributed by atoms with E-state index in [4.69, 9.17) is 5.73 Å². The molecule has 0 heterocycles. The monoisotopic (exact) mass is 253 g/mol. The molecular formula is C18H23N. The number of benzene rings is 2. The molecule has 1 aliphatic carbocycles. The van der Waals surface area contributed by atoms with Gasteiger partial charge in [-0.15, -0.1) is 0 Å². The van der Waals surface area contributed by atoms with Gasteiger partial charge in [0, 0.05) is 6.04 Å². The molecule has 3 rings (SSSR count). The van der Waals surface area contributed by atoms with Crippen LogP contribution in [-0.2, 0) is 6.42 Å². The van der Waals surface area contributed by atoms with E-state index in [-0.39, 0.29) is 0 Å². The summed E-state index contributed by atoms with van der Waals surface area (Å²) in [7, 11) is 0. The maximum atomic E-state index is 6.18. The Bertz CT molecular complexity index is 545. The van der Waals surface area contributed by atoms with Crippen molar-refractivity contribution in [3.05, 3.63) is 48.0 Å². The molecule has 1 saturated carbocycles. The molecule has 1 heteroatoms. The van der Waals surface area contributed by atoms with Crippen molar-refractivity contribution < 1.29 is 0 Å². The summed E-state index contributed by atoms with van der Waals surface area (Å²) in [5, 5.41) is 2.77. The summed E-state index contributed by atoms with van der Waals surface area (Å²) < 4.78 is 0. The molecule has 0 bridgehead atoms. The lowest BCUT2D eigenvalue weighted by molar-refractivity contribution is 0.253. The van der Waals surface area contributed by atoms with Gasteiger partial charge < -0.3 is 5.73 Å². The fourth-order valence-electron chi connectivity index (χ4n) is 3.75. The molecule has 0 saturated heterocycles. The highest BCUT2D eigenvalue weighted by atomic mass is 14.6. The van der Waals surface area contributed by atoms with Crippen LogP contribution in [0.5, 0.6) is 0 Å². The summed E-state index contributed by atoms with van der Waals surface area (Å²) in [6, 6.07) is 15.8. The van der Waals surface area contributed by atoms with Crippen molar-refractivity contribution in [1.29, 1.82) is 0 Å². The lowest BCUT2D eigenvalue weighted by atomic mass is 9.77. The Labute approximate surface area is 115 Å². The van der Waals surface area contributed by atoms with E-state index in [0.717, 1.165) is 11.8 Å². The highest BCUT2D eigenvalue weighted by Gasteiger charge is 2.24. The molecule has 1 fully saturated rings. The van der Waals surface area contributed by atoms with Crippen LogP contribution in [0.25, 0.3) is 10.8 Å². The van der Waals surface area contributed by atoms with Gasteiger partial charge in [-0.05, 0) is 53.9 Å². The minimum absolute atomic E-state index is 0.406. The maximum absolute atomic E-state index is 6.18. The molecule has 0 radical (unpaired) electrons. The van der Waals surface area contributed by atoms with Crippen molar-refractivity contribution in [2.24, 2.45) is 17.6 Å². The predicted molar refractivity (Wildman–Crippen MR) is 82.1 cm³/mol. The van der Waals surface area contributed by atoms with Gasteiger partial charge in [0.25, 0.3) is 0 Å². The van der Waals surface area contributed by atoms with Gasteiger partial charge in [0.1, 0.15) is 0 Å². The largest absolute Gasteiger partial charge is 0.328 e. The molecule has 3 unspecified atom stereocenters. The first-order valence-electron chi connectivity index (χ1n) is 7.44. The first-order chi connectivity index (χ1) is 9.22. The Morgan fingerprint density at radius 3 is 2.63 bits per heavy atom. The molecule has 1 nitrogen and oxygen atoms in total. The second kappa shape index (κ2) is 5.34. The third-order valence-corrected chi connectivity index (χ3v) is 4.47. The Morgan fingerprint density at radius 2 is 1.79 bits per heavy atom. The van der Waals surface area contributed by atoms with Crippen LogP contribution in [0.4, 0.5) is 0 Å². The summed E-state index contributed by atoms with van der Waals surface area (Å²) in [5.74, 6) is 1.54. The first kappa shape index (κ1) is 12.7. The van der Waals surface area contributed by atoms with Gasteiger partial charge in [-0.3, -0.25) is 0 Å². The molecule has 1 aliphatic rings. The van der Waals surface area contributed by atoms with Gasteiger partial charge in [0.2, 0.25) is 0 Å². The number of hydrogen-bond donors (Lipinski definition) is 1. The summed E-state index contributed by atoms with van der Waals surface area (Å²) in [6.45, 7) is 2.34. The lowest BCUT2D eigenvalue weighted by Gasteiger charge is -2.31. The van der Waals surface area contributed by atoms with E-state index in [1.165, 1.54) is 42.0 Å². The molecular weight excluding hydrogens is 230 g/mol. The third-order valence-electron chi connectivity index (χ3n) is 4.47. The number of nitrogens with two attached hydrogens (primary N) is 1. The van der Waals surface area contributed by atoms with E-state index in [2.05, 4.69) is 49.4 Å². The maximum Gasteiger partial charge on any atom is 0.00441 e. The normalized spacial score (nSPS) is 27.6. The zero-order valence-corrected chi connectivity index (χ0v) is 11.7. The molecule has 0 aromatic heterocycles. The molecule has 0 spiro atoms. The van der Waals surface area contributed by atoms with Gasteiger partial charge in [-0.25, -0.2) is 0 Å². The van der Waals surface area contributed by atoms with Crippen molar-refractivity contribution in [2.75, 3.05) is 0 Å². The van der Waals surface area contributed by atoms with E-state index >= 15 is 0 Å². The summed E-state index contributed by atoms with van der Waals surface area (Å²) in [5.41, 5.74) is 7.67. The Hall–Kier alpha value is -1.34. The number of fused-ring (bicyclic) bond motifs is 1. The van der Waals surface area contributed by atoms with Crippen LogP contribution in [0.2, 0.25) is 0 Å². The van der Waals surface area contributed by atoms with E-state index in [1.54, 1.807) is 0 Å². The standard InChI is InChI=1S/C18H23N/c1-13-9-14(12-17(19)10-13)11-16-7-4-6-15-5-2-3-8-18(15)16/h2-8,13-14,17H,9-12,19H2,1H3. The SMILES string of the molecule is CC1CC(N)CC(Cc2cccc3ccccc23)C1. The predicted octanol–water partition coefficient (Wildman–Crippen LogP) is 4.15. The highest BCUT2D eigenvalue weighted by Crippen LogP contribution is 2.32. The smallest absolute Gasteiger partial charge is 0.00441 e. The zero-order valence-electron chi connectivity index (χ0n) is 11.7. The molecule has 2 N–H and O–H groups in total. The minimum Gasteiger partial charge on any atom is -0.328 e. The van der Waals surface area contributed by atoms with Crippen LogP contribution in [0.15, 0.2) is 42.5 Å². The zero-order chi connectivity index (χ0) is 13.2. The summed E-state index contributed by atoms with van der Waals surface area (Å²) >= 11 is 0. The Balaban J connectivity index is 1.85. The van der Waals surface area contributed by atoms with Crippen molar-refractivity contribution in [3.8, 4) is 0 Å². The lowest BCUT2D eigenvalue weighted by Crippen LogP contribution is -2.32. The van der Waals surface area contributed by atoms with Crippen molar-refractivity contribution >= 4 is 10.8 Å². The van der Waals surface area contributed by atoms with E-state index < -0.39 is 0 Å². The minimum atomic E-state index is 0.406. The van der Waals surface area contributed by atoms with Crippen molar-refractivity contribution in [1.82, 2.24) is 0 Å². The third kappa shape index (κ3) is 2.82. The molecule has 3 atom stereocenters. The Kier molecular flexibility index (Phi) is 3.56. The molecule has 0 amide bonds. The van der Waals surface area contributed by atoms with Crippen LogP contribution in [-0.4, -0.2) is 6.04 Å². The van der Waals surface area contributed by atoms with Gasteiger partial charge >= 0.3 is 0 Å². The first-order valence-corrected chi connectivity index (χ1v) is 7.44. The van der Waals surface area contributed by atoms with Gasteiger partial charge in [0.15, 0.2) is 0 Å². The molecule has 100 valence electrons. The van der Waals surface area contributed by atoms with Gasteiger partial charge in [-0.2, -0.15) is 0 Å². The van der Waals surface area contributed by atoms with Gasteiger partial charge in [-0.1, -0.05) is 49.4 Å². The molecule has 2 aromatic rings. The fraction of sp³-hybridized carbons (Fsp3) is 0.444.